The number of rotatable bonds is 6. The predicted molar refractivity (Wildman–Crippen MR) is 82.0 cm³/mol. The van der Waals surface area contributed by atoms with Crippen molar-refractivity contribution in [3.63, 3.8) is 0 Å². The lowest BCUT2D eigenvalue weighted by molar-refractivity contribution is 0.186. The Bertz CT molecular complexity index is 723. The number of ether oxygens (including phenoxy) is 2. The van der Waals surface area contributed by atoms with E-state index in [9.17, 15) is 4.79 Å². The van der Waals surface area contributed by atoms with E-state index in [1.165, 1.54) is 14.2 Å². The molecule has 0 bridgehead atoms. The fourth-order valence-electron chi connectivity index (χ4n) is 1.99. The normalized spacial score (nSPS) is 10.3. The quantitative estimate of drug-likeness (QED) is 0.820. The van der Waals surface area contributed by atoms with Crippen LogP contribution < -0.4 is 10.1 Å². The summed E-state index contributed by atoms with van der Waals surface area (Å²) >= 11 is 0. The zero-order valence-electron chi connectivity index (χ0n) is 12.5. The van der Waals surface area contributed by atoms with Gasteiger partial charge >= 0.3 is 6.09 Å². The number of hydrogen-bond donors (Lipinski definition) is 1. The molecule has 2 heterocycles. The Kier molecular flexibility index (Phi) is 4.72. The number of allylic oxidation sites excluding steroid dienone is 2. The summed E-state index contributed by atoms with van der Waals surface area (Å²) in [6.45, 7) is 7.88. The minimum absolute atomic E-state index is 0.0755. The molecule has 8 nitrogen and oxygen atoms in total. The highest BCUT2D eigenvalue weighted by atomic mass is 16.5. The van der Waals surface area contributed by atoms with Crippen LogP contribution in [0.3, 0.4) is 0 Å². The van der Waals surface area contributed by atoms with Crippen LogP contribution in [0.25, 0.3) is 11.0 Å². The molecule has 2 aromatic rings. The van der Waals surface area contributed by atoms with E-state index in [1.807, 2.05) is 0 Å². The van der Waals surface area contributed by atoms with Crippen molar-refractivity contribution < 1.29 is 14.3 Å². The maximum absolute atomic E-state index is 11.3. The molecule has 0 aliphatic rings. The minimum Gasteiger partial charge on any atom is -0.480 e. The monoisotopic (exact) mass is 303 g/mol. The van der Waals surface area contributed by atoms with Crippen LogP contribution in [0.15, 0.2) is 25.3 Å². The van der Waals surface area contributed by atoms with Crippen LogP contribution in [0.1, 0.15) is 5.69 Å². The van der Waals surface area contributed by atoms with E-state index in [2.05, 4.69) is 38.3 Å². The summed E-state index contributed by atoms with van der Waals surface area (Å²) in [6, 6.07) is 0. The van der Waals surface area contributed by atoms with Crippen LogP contribution in [0.5, 0.6) is 5.88 Å². The fourth-order valence-corrected chi connectivity index (χ4v) is 1.99. The van der Waals surface area contributed by atoms with Crippen LogP contribution >= 0.6 is 0 Å². The molecule has 2 aromatic heterocycles. The average Bonchev–Trinajstić information content (AvgIpc) is 2.85. The van der Waals surface area contributed by atoms with Crippen molar-refractivity contribution in [2.75, 3.05) is 19.5 Å². The molecular formula is C14H17N5O3. The number of nitrogens with zero attached hydrogens (tertiary/aromatic N) is 4. The third kappa shape index (κ3) is 2.90. The van der Waals surface area contributed by atoms with Gasteiger partial charge in [0.15, 0.2) is 5.65 Å². The summed E-state index contributed by atoms with van der Waals surface area (Å²) in [5, 5.41) is 7.56. The van der Waals surface area contributed by atoms with Gasteiger partial charge in [-0.15, -0.1) is 13.2 Å². The highest BCUT2D eigenvalue weighted by Gasteiger charge is 2.19. The lowest BCUT2D eigenvalue weighted by atomic mass is 10.2. The van der Waals surface area contributed by atoms with Crippen molar-refractivity contribution in [1.82, 2.24) is 19.7 Å². The predicted octanol–water partition coefficient (Wildman–Crippen LogP) is 1.93. The Hall–Kier alpha value is -2.90. The molecule has 2 rings (SSSR count). The van der Waals surface area contributed by atoms with Gasteiger partial charge in [0, 0.05) is 6.42 Å². The fraction of sp³-hybridized carbons (Fsp3) is 0.286. The number of aromatic nitrogens is 4. The molecule has 0 radical (unpaired) electrons. The SMILES string of the molecule is C=CCc1nn(CC=C)c2nc(NC(=O)OC)nc(OC)c12. The summed E-state index contributed by atoms with van der Waals surface area (Å²) in [5.41, 5.74) is 1.28. The van der Waals surface area contributed by atoms with Crippen molar-refractivity contribution in [3.05, 3.63) is 31.0 Å². The summed E-state index contributed by atoms with van der Waals surface area (Å²) < 4.78 is 11.5. The Morgan fingerprint density at radius 1 is 1.32 bits per heavy atom. The maximum Gasteiger partial charge on any atom is 0.413 e. The molecule has 8 heteroatoms. The van der Waals surface area contributed by atoms with E-state index in [0.717, 1.165) is 5.69 Å². The molecule has 0 aliphatic heterocycles. The van der Waals surface area contributed by atoms with Gasteiger partial charge in [-0.25, -0.2) is 9.48 Å². The van der Waals surface area contributed by atoms with Crippen molar-refractivity contribution in [2.45, 2.75) is 13.0 Å². The summed E-state index contributed by atoms with van der Waals surface area (Å²) in [5.74, 6) is 0.398. The van der Waals surface area contributed by atoms with E-state index in [4.69, 9.17) is 4.74 Å². The molecular weight excluding hydrogens is 286 g/mol. The van der Waals surface area contributed by atoms with Crippen molar-refractivity contribution >= 4 is 23.1 Å². The molecule has 116 valence electrons. The van der Waals surface area contributed by atoms with Crippen LogP contribution in [-0.2, 0) is 17.7 Å². The van der Waals surface area contributed by atoms with Crippen LogP contribution in [0, 0.1) is 0 Å². The molecule has 0 unspecified atom stereocenters. The molecule has 0 saturated carbocycles. The maximum atomic E-state index is 11.3. The lowest BCUT2D eigenvalue weighted by Crippen LogP contribution is -2.14. The van der Waals surface area contributed by atoms with Crippen LogP contribution in [0.2, 0.25) is 0 Å². The number of amides is 1. The van der Waals surface area contributed by atoms with Gasteiger partial charge in [0.25, 0.3) is 0 Å². The first kappa shape index (κ1) is 15.5. The van der Waals surface area contributed by atoms with Gasteiger partial charge in [-0.3, -0.25) is 5.32 Å². The first-order valence-corrected chi connectivity index (χ1v) is 6.52. The third-order valence-electron chi connectivity index (χ3n) is 2.86. The Labute approximate surface area is 127 Å². The van der Waals surface area contributed by atoms with Crippen molar-refractivity contribution in [1.29, 1.82) is 0 Å². The van der Waals surface area contributed by atoms with Gasteiger partial charge in [-0.1, -0.05) is 12.2 Å². The van der Waals surface area contributed by atoms with E-state index in [0.29, 0.717) is 29.9 Å². The van der Waals surface area contributed by atoms with Crippen LogP contribution in [0.4, 0.5) is 10.7 Å². The lowest BCUT2D eigenvalue weighted by Gasteiger charge is -2.06. The molecule has 1 amide bonds. The third-order valence-corrected chi connectivity index (χ3v) is 2.86. The van der Waals surface area contributed by atoms with E-state index < -0.39 is 6.09 Å². The Balaban J connectivity index is 2.64. The molecule has 22 heavy (non-hydrogen) atoms. The zero-order valence-corrected chi connectivity index (χ0v) is 12.5. The largest absolute Gasteiger partial charge is 0.480 e. The molecule has 0 spiro atoms. The minimum atomic E-state index is -0.664. The molecule has 0 aliphatic carbocycles. The summed E-state index contributed by atoms with van der Waals surface area (Å²) in [6.07, 6.45) is 3.32. The number of nitrogens with one attached hydrogen (secondary N) is 1. The first-order chi connectivity index (χ1) is 10.6. The van der Waals surface area contributed by atoms with Gasteiger partial charge in [0.2, 0.25) is 11.8 Å². The van der Waals surface area contributed by atoms with Gasteiger partial charge in [0.05, 0.1) is 26.5 Å². The Morgan fingerprint density at radius 3 is 2.68 bits per heavy atom. The van der Waals surface area contributed by atoms with Crippen LogP contribution in [-0.4, -0.2) is 40.1 Å². The van der Waals surface area contributed by atoms with E-state index in [-0.39, 0.29) is 5.95 Å². The number of hydrogen-bond acceptors (Lipinski definition) is 6. The smallest absolute Gasteiger partial charge is 0.413 e. The topological polar surface area (TPSA) is 91.2 Å². The molecule has 0 atom stereocenters. The molecule has 1 N–H and O–H groups in total. The molecule has 0 aromatic carbocycles. The van der Waals surface area contributed by atoms with E-state index >= 15 is 0 Å². The van der Waals surface area contributed by atoms with E-state index in [1.54, 1.807) is 16.8 Å². The zero-order chi connectivity index (χ0) is 16.1. The number of anilines is 1. The van der Waals surface area contributed by atoms with Gasteiger partial charge in [-0.2, -0.15) is 15.1 Å². The summed E-state index contributed by atoms with van der Waals surface area (Å²) in [4.78, 5) is 19.8. The second kappa shape index (κ2) is 6.70. The van der Waals surface area contributed by atoms with Gasteiger partial charge in [0.1, 0.15) is 5.39 Å². The molecule has 0 fully saturated rings. The van der Waals surface area contributed by atoms with Crippen molar-refractivity contribution in [3.8, 4) is 5.88 Å². The second-order valence-corrected chi connectivity index (χ2v) is 4.28. The average molecular weight is 303 g/mol. The number of fused-ring (bicyclic) bond motifs is 1. The summed E-state index contributed by atoms with van der Waals surface area (Å²) in [7, 11) is 2.75. The number of carbonyl (C=O) groups is 1. The first-order valence-electron chi connectivity index (χ1n) is 6.52. The number of carbonyl (C=O) groups excluding carboxylic acids is 1. The highest BCUT2D eigenvalue weighted by molar-refractivity contribution is 5.88. The number of methoxy groups -OCH3 is 2. The Morgan fingerprint density at radius 2 is 2.09 bits per heavy atom. The van der Waals surface area contributed by atoms with Gasteiger partial charge < -0.3 is 9.47 Å². The molecule has 0 saturated heterocycles. The van der Waals surface area contributed by atoms with Crippen molar-refractivity contribution in [2.24, 2.45) is 0 Å². The highest BCUT2D eigenvalue weighted by Crippen LogP contribution is 2.28. The second-order valence-electron chi connectivity index (χ2n) is 4.28. The van der Waals surface area contributed by atoms with Gasteiger partial charge in [-0.05, 0) is 0 Å². The standard InChI is InChI=1S/C14H17N5O3/c1-5-7-9-10-11(19(18-9)8-6-2)15-13(16-12(10)21-3)17-14(20)22-4/h5-6H,1-2,7-8H2,3-4H3,(H,15,16,17,20).